The molecule has 126 valence electrons. The summed E-state index contributed by atoms with van der Waals surface area (Å²) in [5, 5.41) is 4.31. The van der Waals surface area contributed by atoms with Crippen molar-refractivity contribution in [1.82, 2.24) is 14.2 Å². The third-order valence-corrected chi connectivity index (χ3v) is 5.64. The SMILES string of the molecule is CS(=O)(=O)NCCC1CN(Cc2ccsc2)Cc2cccn2C1. The molecule has 0 radical (unpaired) electrons. The van der Waals surface area contributed by atoms with Crippen molar-refractivity contribution in [3.8, 4) is 0 Å². The van der Waals surface area contributed by atoms with E-state index in [9.17, 15) is 8.42 Å². The largest absolute Gasteiger partial charge is 0.350 e. The Kier molecular flexibility index (Phi) is 5.21. The van der Waals surface area contributed by atoms with Gasteiger partial charge in [-0.1, -0.05) is 0 Å². The van der Waals surface area contributed by atoms with Crippen LogP contribution in [0.1, 0.15) is 17.7 Å². The fourth-order valence-electron chi connectivity index (χ4n) is 3.16. The Morgan fingerprint density at radius 1 is 1.35 bits per heavy atom. The van der Waals surface area contributed by atoms with Gasteiger partial charge in [0.25, 0.3) is 0 Å². The number of nitrogens with zero attached hydrogens (tertiary/aromatic N) is 2. The summed E-state index contributed by atoms with van der Waals surface area (Å²) in [6.07, 6.45) is 4.19. The normalized spacial score (nSPS) is 19.4. The molecule has 5 nitrogen and oxygen atoms in total. The van der Waals surface area contributed by atoms with E-state index in [1.807, 2.05) is 0 Å². The summed E-state index contributed by atoms with van der Waals surface area (Å²) in [6.45, 7) is 4.34. The summed E-state index contributed by atoms with van der Waals surface area (Å²) < 4.78 is 27.4. The van der Waals surface area contributed by atoms with Crippen molar-refractivity contribution < 1.29 is 8.42 Å². The Hall–Kier alpha value is -1.15. The third kappa shape index (κ3) is 4.91. The minimum atomic E-state index is -3.11. The number of rotatable bonds is 6. The number of aromatic nitrogens is 1. The van der Waals surface area contributed by atoms with Gasteiger partial charge in [-0.2, -0.15) is 11.3 Å². The maximum Gasteiger partial charge on any atom is 0.208 e. The number of hydrogen-bond donors (Lipinski definition) is 1. The van der Waals surface area contributed by atoms with E-state index in [1.165, 1.54) is 17.5 Å². The lowest BCUT2D eigenvalue weighted by Gasteiger charge is -2.23. The lowest BCUT2D eigenvalue weighted by molar-refractivity contribution is 0.216. The summed E-state index contributed by atoms with van der Waals surface area (Å²) >= 11 is 1.73. The van der Waals surface area contributed by atoms with Gasteiger partial charge >= 0.3 is 0 Å². The molecule has 23 heavy (non-hydrogen) atoms. The van der Waals surface area contributed by atoms with Crippen molar-refractivity contribution in [1.29, 1.82) is 0 Å². The predicted molar refractivity (Wildman–Crippen MR) is 93.8 cm³/mol. The lowest BCUT2D eigenvalue weighted by Crippen LogP contribution is -2.31. The van der Waals surface area contributed by atoms with Gasteiger partial charge in [0.2, 0.25) is 10.0 Å². The zero-order chi connectivity index (χ0) is 16.3. The van der Waals surface area contributed by atoms with E-state index in [0.29, 0.717) is 12.5 Å². The molecule has 0 aliphatic carbocycles. The first-order valence-electron chi connectivity index (χ1n) is 7.82. The second kappa shape index (κ2) is 7.17. The van der Waals surface area contributed by atoms with Crippen LogP contribution in [0.25, 0.3) is 0 Å². The van der Waals surface area contributed by atoms with Crippen LogP contribution in [0, 0.1) is 5.92 Å². The van der Waals surface area contributed by atoms with E-state index < -0.39 is 10.0 Å². The van der Waals surface area contributed by atoms with Gasteiger partial charge in [0.1, 0.15) is 0 Å². The molecule has 2 aromatic heterocycles. The first-order chi connectivity index (χ1) is 11.0. The molecule has 3 rings (SSSR count). The van der Waals surface area contributed by atoms with Crippen molar-refractivity contribution in [2.75, 3.05) is 19.3 Å². The highest BCUT2D eigenvalue weighted by molar-refractivity contribution is 7.88. The van der Waals surface area contributed by atoms with Gasteiger partial charge in [0.05, 0.1) is 6.26 Å². The van der Waals surface area contributed by atoms with E-state index in [2.05, 4.69) is 49.3 Å². The molecule has 0 amide bonds. The standard InChI is InChI=1S/C16H23N3O2S2/c1-23(20,21)17-6-4-14-9-18(10-15-5-8-22-13-15)12-16-3-2-7-19(16)11-14/h2-3,5,7-8,13-14,17H,4,6,9-12H2,1H3. The first kappa shape index (κ1) is 16.7. The minimum absolute atomic E-state index is 0.441. The molecule has 0 bridgehead atoms. The molecule has 1 aliphatic heterocycles. The van der Waals surface area contributed by atoms with Crippen molar-refractivity contribution in [2.24, 2.45) is 5.92 Å². The van der Waals surface area contributed by atoms with Gasteiger partial charge in [0.15, 0.2) is 0 Å². The average Bonchev–Trinajstić information content (AvgIpc) is 3.07. The quantitative estimate of drug-likeness (QED) is 0.865. The molecule has 0 saturated carbocycles. The first-order valence-corrected chi connectivity index (χ1v) is 10.6. The van der Waals surface area contributed by atoms with Crippen LogP contribution in [-0.2, 0) is 29.7 Å². The summed E-state index contributed by atoms with van der Waals surface area (Å²) in [4.78, 5) is 2.46. The molecule has 1 atom stereocenters. The van der Waals surface area contributed by atoms with Crippen LogP contribution in [0.4, 0.5) is 0 Å². The number of fused-ring (bicyclic) bond motifs is 1. The number of nitrogens with one attached hydrogen (secondary N) is 1. The van der Waals surface area contributed by atoms with E-state index in [0.717, 1.165) is 32.6 Å². The lowest BCUT2D eigenvalue weighted by atomic mass is 10.1. The van der Waals surface area contributed by atoms with Crippen LogP contribution in [0.5, 0.6) is 0 Å². The molecule has 0 aromatic carbocycles. The number of sulfonamides is 1. The Morgan fingerprint density at radius 3 is 2.96 bits per heavy atom. The molecule has 2 aromatic rings. The van der Waals surface area contributed by atoms with Gasteiger partial charge < -0.3 is 4.57 Å². The Balaban J connectivity index is 1.67. The Bertz CT molecular complexity index is 722. The number of thiophene rings is 1. The molecule has 0 saturated heterocycles. The van der Waals surface area contributed by atoms with Crippen molar-refractivity contribution in [3.05, 3.63) is 46.4 Å². The predicted octanol–water partition coefficient (Wildman–Crippen LogP) is 2.12. The molecule has 1 unspecified atom stereocenters. The molecular formula is C16H23N3O2S2. The highest BCUT2D eigenvalue weighted by Crippen LogP contribution is 2.21. The zero-order valence-electron chi connectivity index (χ0n) is 13.3. The van der Waals surface area contributed by atoms with Gasteiger partial charge in [0, 0.05) is 44.6 Å². The third-order valence-electron chi connectivity index (χ3n) is 4.18. The van der Waals surface area contributed by atoms with Gasteiger partial charge in [-0.15, -0.1) is 0 Å². The second-order valence-corrected chi connectivity index (χ2v) is 8.89. The molecule has 0 fully saturated rings. The zero-order valence-corrected chi connectivity index (χ0v) is 14.9. The molecule has 7 heteroatoms. The monoisotopic (exact) mass is 353 g/mol. The van der Waals surface area contributed by atoms with E-state index in [4.69, 9.17) is 0 Å². The smallest absolute Gasteiger partial charge is 0.208 e. The molecule has 3 heterocycles. The Morgan fingerprint density at radius 2 is 2.22 bits per heavy atom. The van der Waals surface area contributed by atoms with Gasteiger partial charge in [-0.05, 0) is 46.9 Å². The fourth-order valence-corrected chi connectivity index (χ4v) is 4.31. The van der Waals surface area contributed by atoms with Crippen LogP contribution in [0.3, 0.4) is 0 Å². The highest BCUT2D eigenvalue weighted by Gasteiger charge is 2.21. The summed E-state index contributed by atoms with van der Waals surface area (Å²) in [7, 11) is -3.11. The molecule has 0 spiro atoms. The summed E-state index contributed by atoms with van der Waals surface area (Å²) in [5.74, 6) is 0.441. The fraction of sp³-hybridized carbons (Fsp3) is 0.500. The van der Waals surface area contributed by atoms with Crippen LogP contribution in [0.2, 0.25) is 0 Å². The van der Waals surface area contributed by atoms with Gasteiger partial charge in [-0.25, -0.2) is 13.1 Å². The maximum absolute atomic E-state index is 11.2. The van der Waals surface area contributed by atoms with Crippen LogP contribution in [0.15, 0.2) is 35.2 Å². The van der Waals surface area contributed by atoms with Crippen LogP contribution >= 0.6 is 11.3 Å². The minimum Gasteiger partial charge on any atom is -0.350 e. The van der Waals surface area contributed by atoms with Crippen molar-refractivity contribution in [2.45, 2.75) is 26.1 Å². The maximum atomic E-state index is 11.2. The Labute approximate surface area is 142 Å². The van der Waals surface area contributed by atoms with E-state index >= 15 is 0 Å². The summed E-state index contributed by atoms with van der Waals surface area (Å²) in [6, 6.07) is 6.45. The summed E-state index contributed by atoms with van der Waals surface area (Å²) in [5.41, 5.74) is 2.68. The van der Waals surface area contributed by atoms with Gasteiger partial charge in [-0.3, -0.25) is 4.90 Å². The van der Waals surface area contributed by atoms with E-state index in [-0.39, 0.29) is 0 Å². The van der Waals surface area contributed by atoms with Crippen LogP contribution < -0.4 is 4.72 Å². The van der Waals surface area contributed by atoms with E-state index in [1.54, 1.807) is 11.3 Å². The molecule has 1 aliphatic rings. The number of hydrogen-bond acceptors (Lipinski definition) is 4. The second-order valence-electron chi connectivity index (χ2n) is 6.27. The van der Waals surface area contributed by atoms with Crippen molar-refractivity contribution in [3.63, 3.8) is 0 Å². The van der Waals surface area contributed by atoms with Crippen molar-refractivity contribution >= 4 is 21.4 Å². The topological polar surface area (TPSA) is 54.3 Å². The molecule has 1 N–H and O–H groups in total. The molecular weight excluding hydrogens is 330 g/mol. The highest BCUT2D eigenvalue weighted by atomic mass is 32.2. The average molecular weight is 354 g/mol. The van der Waals surface area contributed by atoms with Crippen LogP contribution in [-0.4, -0.2) is 37.2 Å².